The summed E-state index contributed by atoms with van der Waals surface area (Å²) >= 11 is 0. The molecular formula is C26H32N6O4S. The van der Waals surface area contributed by atoms with Crippen LogP contribution in [0.5, 0.6) is 5.88 Å². The summed E-state index contributed by atoms with van der Waals surface area (Å²) in [6.07, 6.45) is 3.95. The monoisotopic (exact) mass is 524 g/mol. The van der Waals surface area contributed by atoms with Crippen LogP contribution in [-0.4, -0.2) is 48.0 Å². The highest BCUT2D eigenvalue weighted by atomic mass is 32.2. The van der Waals surface area contributed by atoms with Crippen LogP contribution in [0.1, 0.15) is 50.0 Å². The molecule has 1 atom stereocenters. The molecule has 0 spiro atoms. The van der Waals surface area contributed by atoms with Gasteiger partial charge in [0, 0.05) is 35.6 Å². The maximum Gasteiger partial charge on any atom is 0.268 e. The van der Waals surface area contributed by atoms with E-state index in [1.807, 2.05) is 19.9 Å². The molecule has 4 heterocycles. The number of nitrogen functional groups attached to an aromatic ring is 1. The van der Waals surface area contributed by atoms with Crippen molar-refractivity contribution in [2.75, 3.05) is 23.8 Å². The van der Waals surface area contributed by atoms with Crippen LogP contribution in [0.25, 0.3) is 11.3 Å². The smallest absolute Gasteiger partial charge is 0.268 e. The van der Waals surface area contributed by atoms with Crippen molar-refractivity contribution in [2.24, 2.45) is 5.92 Å². The topological polar surface area (TPSA) is 140 Å². The first-order chi connectivity index (χ1) is 17.4. The number of hydrogen-bond donors (Lipinski definition) is 2. The molecule has 0 aliphatic carbocycles. The van der Waals surface area contributed by atoms with Gasteiger partial charge in [0.2, 0.25) is 5.88 Å². The van der Waals surface area contributed by atoms with E-state index in [-0.39, 0.29) is 21.8 Å². The fourth-order valence-electron chi connectivity index (χ4n) is 4.80. The van der Waals surface area contributed by atoms with Gasteiger partial charge in [-0.3, -0.25) is 4.79 Å². The van der Waals surface area contributed by atoms with E-state index in [1.54, 1.807) is 18.3 Å². The van der Waals surface area contributed by atoms with Crippen LogP contribution in [0, 0.1) is 12.8 Å². The Labute approximate surface area is 217 Å². The maximum absolute atomic E-state index is 13.4. The number of nitrogens with two attached hydrogens (primary N) is 1. The molecule has 0 radical (unpaired) electrons. The van der Waals surface area contributed by atoms with Crippen LogP contribution in [-0.2, 0) is 10.0 Å². The number of carbonyl (C=O) groups is 1. The Balaban J connectivity index is 1.77. The normalized spacial score (nSPS) is 17.0. The van der Waals surface area contributed by atoms with Crippen LogP contribution in [0.3, 0.4) is 0 Å². The van der Waals surface area contributed by atoms with Crippen molar-refractivity contribution in [3.05, 3.63) is 53.9 Å². The molecule has 10 nitrogen and oxygen atoms in total. The van der Waals surface area contributed by atoms with E-state index < -0.39 is 15.9 Å². The minimum absolute atomic E-state index is 0.146. The number of nitrogens with one attached hydrogen (secondary N) is 1. The number of anilines is 2. The third-order valence-corrected chi connectivity index (χ3v) is 7.75. The molecule has 0 bridgehead atoms. The lowest BCUT2D eigenvalue weighted by Gasteiger charge is -2.34. The van der Waals surface area contributed by atoms with Gasteiger partial charge in [-0.1, -0.05) is 6.92 Å². The molecule has 3 aromatic heterocycles. The fourth-order valence-corrected chi connectivity index (χ4v) is 5.85. The van der Waals surface area contributed by atoms with Gasteiger partial charge in [-0.25, -0.2) is 28.1 Å². The average Bonchev–Trinajstić information content (AvgIpc) is 3.11. The lowest BCUT2D eigenvalue weighted by Crippen LogP contribution is -2.41. The predicted octanol–water partition coefficient (Wildman–Crippen LogP) is 3.57. The number of sulfonamides is 1. The lowest BCUT2D eigenvalue weighted by atomic mass is 9.97. The largest absolute Gasteiger partial charge is 0.478 e. The quantitative estimate of drug-likeness (QED) is 0.474. The van der Waals surface area contributed by atoms with Crippen molar-refractivity contribution in [1.82, 2.24) is 19.7 Å². The summed E-state index contributed by atoms with van der Waals surface area (Å²) in [5, 5.41) is 0. The van der Waals surface area contributed by atoms with Gasteiger partial charge in [-0.2, -0.15) is 0 Å². The highest BCUT2D eigenvalue weighted by Crippen LogP contribution is 2.38. The Kier molecular flexibility index (Phi) is 7.09. The zero-order chi connectivity index (χ0) is 27.0. The van der Waals surface area contributed by atoms with Gasteiger partial charge in [0.05, 0.1) is 17.9 Å². The van der Waals surface area contributed by atoms with E-state index >= 15 is 0 Å². The number of nitrogens with zero attached hydrogens (tertiary/aromatic N) is 4. The first kappa shape index (κ1) is 26.3. The van der Waals surface area contributed by atoms with Gasteiger partial charge in [0.25, 0.3) is 15.9 Å². The second-order valence-corrected chi connectivity index (χ2v) is 11.6. The summed E-state index contributed by atoms with van der Waals surface area (Å²) in [4.78, 5) is 28.3. The van der Waals surface area contributed by atoms with E-state index in [0.717, 1.165) is 17.5 Å². The van der Waals surface area contributed by atoms with Crippen molar-refractivity contribution in [3.63, 3.8) is 0 Å². The molecule has 1 amide bonds. The second-order valence-electron chi connectivity index (χ2n) is 9.90. The zero-order valence-electron chi connectivity index (χ0n) is 21.6. The van der Waals surface area contributed by atoms with Crippen molar-refractivity contribution in [2.45, 2.75) is 51.5 Å². The van der Waals surface area contributed by atoms with Crippen molar-refractivity contribution < 1.29 is 17.9 Å². The molecule has 11 heteroatoms. The molecule has 37 heavy (non-hydrogen) atoms. The zero-order valence-corrected chi connectivity index (χ0v) is 22.5. The van der Waals surface area contributed by atoms with Crippen LogP contribution >= 0.6 is 0 Å². The van der Waals surface area contributed by atoms with E-state index in [4.69, 9.17) is 15.5 Å². The van der Waals surface area contributed by atoms with Gasteiger partial charge in [-0.15, -0.1) is 0 Å². The number of rotatable bonds is 7. The van der Waals surface area contributed by atoms with Gasteiger partial charge in [0.1, 0.15) is 16.5 Å². The predicted molar refractivity (Wildman–Crippen MR) is 142 cm³/mol. The van der Waals surface area contributed by atoms with E-state index in [2.05, 4.69) is 40.4 Å². The first-order valence-corrected chi connectivity index (χ1v) is 13.6. The van der Waals surface area contributed by atoms with Crippen molar-refractivity contribution in [1.29, 1.82) is 0 Å². The average molecular weight is 525 g/mol. The molecular weight excluding hydrogens is 492 g/mol. The number of amides is 1. The molecule has 1 aliphatic rings. The Hall–Kier alpha value is -3.73. The van der Waals surface area contributed by atoms with E-state index in [1.165, 1.54) is 18.3 Å². The maximum atomic E-state index is 13.4. The van der Waals surface area contributed by atoms with Gasteiger partial charge < -0.3 is 15.4 Å². The minimum Gasteiger partial charge on any atom is -0.478 e. The molecule has 1 saturated heterocycles. The van der Waals surface area contributed by atoms with Crippen LogP contribution in [0.15, 0.2) is 47.6 Å². The summed E-state index contributed by atoms with van der Waals surface area (Å²) in [5.41, 5.74) is 7.84. The SMILES string of the molecule is CCOc1ncc(-c2ccc(C(=O)NS(=O)(=O)c3cccnc3N)c(N3C[C@@H](C)CC3(C)C)n2)cc1C. The molecule has 4 rings (SSSR count). The Morgan fingerprint density at radius 3 is 2.65 bits per heavy atom. The van der Waals surface area contributed by atoms with Gasteiger partial charge >= 0.3 is 0 Å². The summed E-state index contributed by atoms with van der Waals surface area (Å²) in [5.74, 6) is 0.338. The lowest BCUT2D eigenvalue weighted by molar-refractivity contribution is 0.0981. The van der Waals surface area contributed by atoms with Crippen LogP contribution in [0.2, 0.25) is 0 Å². The molecule has 1 fully saturated rings. The fraction of sp³-hybridized carbons (Fsp3) is 0.385. The molecule has 3 N–H and O–H groups in total. The number of pyridine rings is 3. The molecule has 1 aliphatic heterocycles. The summed E-state index contributed by atoms with van der Waals surface area (Å²) in [7, 11) is -4.25. The number of aromatic nitrogens is 3. The first-order valence-electron chi connectivity index (χ1n) is 12.1. The summed E-state index contributed by atoms with van der Waals surface area (Å²) < 4.78 is 33.6. The third kappa shape index (κ3) is 5.36. The van der Waals surface area contributed by atoms with Gasteiger partial charge in [0.15, 0.2) is 0 Å². The minimum atomic E-state index is -4.25. The van der Waals surface area contributed by atoms with Crippen molar-refractivity contribution in [3.8, 4) is 17.1 Å². The molecule has 196 valence electrons. The number of hydrogen-bond acceptors (Lipinski definition) is 9. The van der Waals surface area contributed by atoms with E-state index in [9.17, 15) is 13.2 Å². The Morgan fingerprint density at radius 2 is 2.03 bits per heavy atom. The van der Waals surface area contributed by atoms with Crippen LogP contribution < -0.4 is 20.1 Å². The standard InChI is InChI=1S/C26H32N6O4S/c1-6-36-25-17(3)12-18(14-29-25)20-10-9-19(23(30-20)32-15-16(2)13-26(32,4)5)24(33)31-37(34,35)21-8-7-11-28-22(21)27/h7-12,14,16H,6,13,15H2,1-5H3,(H2,27,28)(H,31,33)/t16-/m0/s1. The van der Waals surface area contributed by atoms with Crippen molar-refractivity contribution >= 4 is 27.6 Å². The van der Waals surface area contributed by atoms with E-state index in [0.29, 0.717) is 36.5 Å². The number of aryl methyl sites for hydroxylation is 1. The number of carbonyl (C=O) groups excluding carboxylic acids is 1. The second kappa shape index (κ2) is 9.97. The Morgan fingerprint density at radius 1 is 1.27 bits per heavy atom. The molecule has 0 unspecified atom stereocenters. The third-order valence-electron chi connectivity index (χ3n) is 6.37. The number of ether oxygens (including phenoxy) is 1. The molecule has 0 saturated carbocycles. The highest BCUT2D eigenvalue weighted by molar-refractivity contribution is 7.90. The Bertz CT molecular complexity index is 1440. The van der Waals surface area contributed by atoms with Gasteiger partial charge in [-0.05, 0) is 70.4 Å². The highest BCUT2D eigenvalue weighted by Gasteiger charge is 2.39. The summed E-state index contributed by atoms with van der Waals surface area (Å²) in [6, 6.07) is 7.95. The van der Waals surface area contributed by atoms with Crippen LogP contribution in [0.4, 0.5) is 11.6 Å². The molecule has 3 aromatic rings. The summed E-state index contributed by atoms with van der Waals surface area (Å²) in [6.45, 7) is 11.3. The molecule has 0 aromatic carbocycles.